The Morgan fingerprint density at radius 3 is 2.68 bits per heavy atom. The van der Waals surface area contributed by atoms with Gasteiger partial charge in [-0.1, -0.05) is 18.2 Å². The van der Waals surface area contributed by atoms with Crippen LogP contribution >= 0.6 is 11.3 Å². The number of benzene rings is 2. The largest absolute Gasteiger partial charge is 0.334 e. The minimum atomic E-state index is -0.579. The van der Waals surface area contributed by atoms with Gasteiger partial charge < -0.3 is 10.6 Å². The summed E-state index contributed by atoms with van der Waals surface area (Å²) in [7, 11) is 1.80. The van der Waals surface area contributed by atoms with Gasteiger partial charge in [-0.25, -0.2) is 9.49 Å². The van der Waals surface area contributed by atoms with E-state index in [2.05, 4.69) is 25.9 Å². The van der Waals surface area contributed by atoms with Gasteiger partial charge in [0.15, 0.2) is 5.82 Å². The van der Waals surface area contributed by atoms with E-state index < -0.39 is 17.3 Å². The van der Waals surface area contributed by atoms with Crippen LogP contribution in [0.3, 0.4) is 0 Å². The maximum absolute atomic E-state index is 14.5. The lowest BCUT2D eigenvalue weighted by Gasteiger charge is -2.09. The lowest BCUT2D eigenvalue weighted by Crippen LogP contribution is -2.14. The van der Waals surface area contributed by atoms with Crippen molar-refractivity contribution in [3.05, 3.63) is 87.4 Å². The Hall–Kier alpha value is -4.31. The highest BCUT2D eigenvalue weighted by Crippen LogP contribution is 2.28. The van der Waals surface area contributed by atoms with Crippen LogP contribution in [0.1, 0.15) is 15.4 Å². The molecule has 10 heteroatoms. The number of halogens is 1. The Balaban J connectivity index is 1.43. The van der Waals surface area contributed by atoms with Crippen molar-refractivity contribution in [2.24, 2.45) is 7.05 Å². The second kappa shape index (κ2) is 8.56. The first kappa shape index (κ1) is 21.5. The number of nitrogens with zero attached hydrogens (tertiary/aromatic N) is 3. The third kappa shape index (κ3) is 4.18. The maximum atomic E-state index is 14.5. The third-order valence-electron chi connectivity index (χ3n) is 5.34. The van der Waals surface area contributed by atoms with Crippen molar-refractivity contribution in [2.45, 2.75) is 6.92 Å². The second-order valence-electron chi connectivity index (χ2n) is 7.71. The van der Waals surface area contributed by atoms with Gasteiger partial charge in [-0.3, -0.25) is 14.3 Å². The zero-order chi connectivity index (χ0) is 23.8. The molecule has 3 aromatic heterocycles. The summed E-state index contributed by atoms with van der Waals surface area (Å²) in [6.45, 7) is 1.90. The van der Waals surface area contributed by atoms with E-state index >= 15 is 0 Å². The Morgan fingerprint density at radius 1 is 1.09 bits per heavy atom. The molecule has 0 saturated carbocycles. The van der Waals surface area contributed by atoms with Crippen LogP contribution in [0.4, 0.5) is 21.6 Å². The molecule has 0 radical (unpaired) electrons. The van der Waals surface area contributed by atoms with Crippen LogP contribution in [0.25, 0.3) is 21.3 Å². The van der Waals surface area contributed by atoms with E-state index in [1.54, 1.807) is 29.9 Å². The fourth-order valence-corrected chi connectivity index (χ4v) is 4.42. The summed E-state index contributed by atoms with van der Waals surface area (Å²) in [5.41, 5.74) is 1.67. The van der Waals surface area contributed by atoms with Crippen molar-refractivity contribution in [1.29, 1.82) is 0 Å². The molecule has 0 atom stereocenters. The van der Waals surface area contributed by atoms with Crippen molar-refractivity contribution in [1.82, 2.24) is 20.0 Å². The molecular formula is C24H19FN6O2S. The van der Waals surface area contributed by atoms with Gasteiger partial charge in [0, 0.05) is 29.1 Å². The number of carbonyl (C=O) groups is 1. The van der Waals surface area contributed by atoms with Crippen LogP contribution in [-0.2, 0) is 7.05 Å². The number of hydrogen-bond acceptors (Lipinski definition) is 6. The van der Waals surface area contributed by atoms with Crippen molar-refractivity contribution >= 4 is 44.5 Å². The van der Waals surface area contributed by atoms with Crippen molar-refractivity contribution in [2.75, 3.05) is 10.6 Å². The number of carbonyl (C=O) groups excluding carboxylic acids is 1. The van der Waals surface area contributed by atoms with Crippen LogP contribution in [0.2, 0.25) is 0 Å². The van der Waals surface area contributed by atoms with Crippen LogP contribution < -0.4 is 16.2 Å². The Morgan fingerprint density at radius 2 is 1.91 bits per heavy atom. The van der Waals surface area contributed by atoms with E-state index in [9.17, 15) is 14.0 Å². The van der Waals surface area contributed by atoms with E-state index in [1.807, 2.05) is 31.2 Å². The van der Waals surface area contributed by atoms with Crippen molar-refractivity contribution in [3.8, 4) is 11.3 Å². The number of H-pyrrole nitrogens is 1. The van der Waals surface area contributed by atoms with Gasteiger partial charge >= 0.3 is 0 Å². The molecule has 5 aromatic rings. The number of fused-ring (bicyclic) bond motifs is 1. The highest BCUT2D eigenvalue weighted by atomic mass is 32.1. The first-order chi connectivity index (χ1) is 16.4. The molecule has 5 rings (SSSR count). The number of aryl methyl sites for hydroxylation is 2. The molecule has 0 saturated heterocycles. The first-order valence-electron chi connectivity index (χ1n) is 10.3. The summed E-state index contributed by atoms with van der Waals surface area (Å²) in [6.07, 6.45) is 0. The van der Waals surface area contributed by atoms with Gasteiger partial charge in [-0.05, 0) is 48.7 Å². The maximum Gasteiger partial charge on any atom is 0.287 e. The molecule has 34 heavy (non-hydrogen) atoms. The number of amides is 1. The average molecular weight is 475 g/mol. The first-order valence-corrected chi connectivity index (χ1v) is 11.2. The molecule has 0 aliphatic rings. The minimum Gasteiger partial charge on any atom is -0.334 e. The Labute approximate surface area is 197 Å². The SMILES string of the molecule is Cc1cc(Nc2cc(-c3ccc(F)c(NC(=O)c4cc5ccccc5s4)c3)n[nH]c2=O)nn1C. The van der Waals surface area contributed by atoms with Gasteiger partial charge in [0.25, 0.3) is 11.5 Å². The number of aromatic amines is 1. The highest BCUT2D eigenvalue weighted by Gasteiger charge is 2.15. The van der Waals surface area contributed by atoms with E-state index in [0.717, 1.165) is 15.8 Å². The normalized spacial score (nSPS) is 11.0. The quantitative estimate of drug-likeness (QED) is 0.339. The van der Waals surface area contributed by atoms with E-state index in [-0.39, 0.29) is 11.4 Å². The Bertz CT molecular complexity index is 1550. The van der Waals surface area contributed by atoms with Crippen LogP contribution in [0, 0.1) is 12.7 Å². The summed E-state index contributed by atoms with van der Waals surface area (Å²) in [4.78, 5) is 25.5. The number of aromatic nitrogens is 4. The molecule has 3 N–H and O–H groups in total. The van der Waals surface area contributed by atoms with E-state index in [4.69, 9.17) is 0 Å². The Kier molecular flexibility index (Phi) is 5.42. The second-order valence-corrected chi connectivity index (χ2v) is 8.80. The smallest absolute Gasteiger partial charge is 0.287 e. The van der Waals surface area contributed by atoms with Crippen LogP contribution in [0.5, 0.6) is 0 Å². The minimum absolute atomic E-state index is 0.0165. The van der Waals surface area contributed by atoms with Crippen molar-refractivity contribution < 1.29 is 9.18 Å². The molecule has 0 fully saturated rings. The third-order valence-corrected chi connectivity index (χ3v) is 6.45. The number of anilines is 3. The summed E-state index contributed by atoms with van der Waals surface area (Å²) in [6, 6.07) is 17.0. The highest BCUT2D eigenvalue weighted by molar-refractivity contribution is 7.20. The topological polar surface area (TPSA) is 105 Å². The molecule has 0 aliphatic heterocycles. The van der Waals surface area contributed by atoms with Gasteiger partial charge in [-0.2, -0.15) is 10.2 Å². The van der Waals surface area contributed by atoms with Crippen LogP contribution in [0.15, 0.2) is 65.5 Å². The molecule has 0 unspecified atom stereocenters. The molecule has 170 valence electrons. The predicted octanol–water partition coefficient (Wildman–Crippen LogP) is 4.83. The summed E-state index contributed by atoms with van der Waals surface area (Å²) in [5.74, 6) is -0.470. The standard InChI is InChI=1S/C24H19FN6O2S/c1-13-9-22(30-31(13)2)26-19-12-17(28-29-23(19)32)14-7-8-16(25)18(10-14)27-24(33)21-11-15-5-3-4-6-20(15)34-21/h3-12H,1-2H3,(H,27,33)(H,29,32)(H,26,28,30). The van der Waals surface area contributed by atoms with Gasteiger partial charge in [0.05, 0.1) is 16.3 Å². The molecule has 0 spiro atoms. The average Bonchev–Trinajstić information content (AvgIpc) is 3.39. The van der Waals surface area contributed by atoms with Crippen LogP contribution in [-0.4, -0.2) is 25.9 Å². The molecule has 8 nitrogen and oxygen atoms in total. The van der Waals surface area contributed by atoms with Gasteiger partial charge in [0.1, 0.15) is 11.5 Å². The number of nitrogens with one attached hydrogen (secondary N) is 3. The zero-order valence-electron chi connectivity index (χ0n) is 18.2. The predicted molar refractivity (Wildman–Crippen MR) is 131 cm³/mol. The summed E-state index contributed by atoms with van der Waals surface area (Å²) < 4.78 is 17.2. The van der Waals surface area contributed by atoms with Gasteiger partial charge in [0.2, 0.25) is 0 Å². The van der Waals surface area contributed by atoms with E-state index in [1.165, 1.54) is 29.5 Å². The molecule has 2 aromatic carbocycles. The lowest BCUT2D eigenvalue weighted by atomic mass is 10.1. The van der Waals surface area contributed by atoms with Gasteiger partial charge in [-0.15, -0.1) is 11.3 Å². The summed E-state index contributed by atoms with van der Waals surface area (Å²) in [5, 5.41) is 17.4. The zero-order valence-corrected chi connectivity index (χ0v) is 19.0. The van der Waals surface area contributed by atoms with E-state index in [0.29, 0.717) is 22.0 Å². The lowest BCUT2D eigenvalue weighted by molar-refractivity contribution is 0.103. The fraction of sp³-hybridized carbons (Fsp3) is 0.0833. The molecule has 0 bridgehead atoms. The van der Waals surface area contributed by atoms with Crippen molar-refractivity contribution in [3.63, 3.8) is 0 Å². The molecule has 1 amide bonds. The number of rotatable bonds is 5. The fourth-order valence-electron chi connectivity index (χ4n) is 3.46. The molecule has 3 heterocycles. The number of hydrogen-bond donors (Lipinski definition) is 3. The summed E-state index contributed by atoms with van der Waals surface area (Å²) >= 11 is 1.34. The molecular weight excluding hydrogens is 455 g/mol. The monoisotopic (exact) mass is 474 g/mol. The molecule has 0 aliphatic carbocycles. The number of thiophene rings is 1.